The van der Waals surface area contributed by atoms with Gasteiger partial charge in [0.2, 0.25) is 5.09 Å². The van der Waals surface area contributed by atoms with Crippen LogP contribution >= 0.6 is 15.9 Å². The van der Waals surface area contributed by atoms with Gasteiger partial charge < -0.3 is 9.73 Å². The Morgan fingerprint density at radius 2 is 2.05 bits per heavy atom. The van der Waals surface area contributed by atoms with Gasteiger partial charge in [0.25, 0.3) is 10.0 Å². The number of hydrogen-bond acceptors (Lipinski definition) is 4. The molecule has 0 saturated heterocycles. The van der Waals surface area contributed by atoms with Crippen molar-refractivity contribution in [1.29, 1.82) is 0 Å². The molecule has 0 saturated carbocycles. The van der Waals surface area contributed by atoms with Crippen molar-refractivity contribution in [3.63, 3.8) is 0 Å². The van der Waals surface area contributed by atoms with Crippen molar-refractivity contribution in [2.24, 2.45) is 5.14 Å². The van der Waals surface area contributed by atoms with E-state index in [0.29, 0.717) is 5.76 Å². The van der Waals surface area contributed by atoms with Crippen LogP contribution in [-0.4, -0.2) is 8.42 Å². The van der Waals surface area contributed by atoms with Crippen LogP contribution in [0.2, 0.25) is 0 Å². The zero-order chi connectivity index (χ0) is 14.0. The van der Waals surface area contributed by atoms with Gasteiger partial charge in [-0.3, -0.25) is 0 Å². The number of nitrogens with two attached hydrogens (primary N) is 1. The van der Waals surface area contributed by atoms with Crippen molar-refractivity contribution in [2.75, 3.05) is 5.32 Å². The number of nitrogens with one attached hydrogen (secondary N) is 1. The van der Waals surface area contributed by atoms with Crippen molar-refractivity contribution in [3.05, 3.63) is 46.4 Å². The number of sulfonamides is 1. The van der Waals surface area contributed by atoms with Gasteiger partial charge in [-0.25, -0.2) is 17.9 Å². The highest BCUT2D eigenvalue weighted by Crippen LogP contribution is 2.21. The van der Waals surface area contributed by atoms with E-state index in [0.717, 1.165) is 4.47 Å². The summed E-state index contributed by atoms with van der Waals surface area (Å²) in [5, 5.41) is 7.39. The Morgan fingerprint density at radius 1 is 1.32 bits per heavy atom. The van der Waals surface area contributed by atoms with Gasteiger partial charge in [-0.15, -0.1) is 0 Å². The number of rotatable bonds is 4. The smallest absolute Gasteiger partial charge is 0.271 e. The predicted molar refractivity (Wildman–Crippen MR) is 71.5 cm³/mol. The molecule has 2 rings (SSSR count). The lowest BCUT2D eigenvalue weighted by atomic mass is 10.3. The van der Waals surface area contributed by atoms with E-state index in [2.05, 4.69) is 21.2 Å². The normalized spacial score (nSPS) is 11.5. The summed E-state index contributed by atoms with van der Waals surface area (Å²) >= 11 is 3.23. The van der Waals surface area contributed by atoms with E-state index in [1.165, 1.54) is 18.2 Å². The summed E-state index contributed by atoms with van der Waals surface area (Å²) in [6.07, 6.45) is 0. The molecular formula is C11H10BrFN2O3S. The maximum absolute atomic E-state index is 13.4. The van der Waals surface area contributed by atoms with E-state index in [1.807, 2.05) is 0 Å². The average Bonchev–Trinajstić information content (AvgIpc) is 2.79. The quantitative estimate of drug-likeness (QED) is 0.888. The van der Waals surface area contributed by atoms with E-state index in [9.17, 15) is 12.8 Å². The Kier molecular flexibility index (Phi) is 3.93. The molecule has 1 heterocycles. The number of halogens is 2. The van der Waals surface area contributed by atoms with E-state index in [1.54, 1.807) is 12.1 Å². The Balaban J connectivity index is 2.11. The van der Waals surface area contributed by atoms with Crippen LogP contribution in [0, 0.1) is 5.82 Å². The zero-order valence-corrected chi connectivity index (χ0v) is 12.0. The predicted octanol–water partition coefficient (Wildman–Crippen LogP) is 2.44. The van der Waals surface area contributed by atoms with Crippen LogP contribution < -0.4 is 10.5 Å². The van der Waals surface area contributed by atoms with Crippen molar-refractivity contribution >= 4 is 31.6 Å². The Hall–Kier alpha value is -1.38. The Bertz CT molecular complexity index is 700. The van der Waals surface area contributed by atoms with Crippen molar-refractivity contribution < 1.29 is 17.2 Å². The minimum Gasteiger partial charge on any atom is -0.446 e. The van der Waals surface area contributed by atoms with Crippen molar-refractivity contribution in [3.8, 4) is 0 Å². The topological polar surface area (TPSA) is 85.3 Å². The molecule has 102 valence electrons. The average molecular weight is 349 g/mol. The van der Waals surface area contributed by atoms with Crippen LogP contribution in [0.5, 0.6) is 0 Å². The first kappa shape index (κ1) is 14.0. The lowest BCUT2D eigenvalue weighted by Crippen LogP contribution is -2.10. The Labute approximate surface area is 117 Å². The molecule has 0 fully saturated rings. The maximum atomic E-state index is 13.4. The van der Waals surface area contributed by atoms with Gasteiger partial charge in [0.05, 0.1) is 12.2 Å². The summed E-state index contributed by atoms with van der Waals surface area (Å²) in [5.41, 5.74) is 0.280. The summed E-state index contributed by atoms with van der Waals surface area (Å²) in [6.45, 7) is 0.142. The molecule has 2 aromatic rings. The van der Waals surface area contributed by atoms with Crippen molar-refractivity contribution in [2.45, 2.75) is 11.6 Å². The van der Waals surface area contributed by atoms with Gasteiger partial charge >= 0.3 is 0 Å². The third kappa shape index (κ3) is 3.55. The van der Waals surface area contributed by atoms with Gasteiger partial charge in [-0.05, 0) is 30.3 Å². The van der Waals surface area contributed by atoms with Crippen LogP contribution in [0.25, 0.3) is 0 Å². The summed E-state index contributed by atoms with van der Waals surface area (Å²) < 4.78 is 41.2. The van der Waals surface area contributed by atoms with Crippen LogP contribution in [0.1, 0.15) is 5.76 Å². The number of benzene rings is 1. The molecule has 19 heavy (non-hydrogen) atoms. The van der Waals surface area contributed by atoms with Crippen LogP contribution in [0.15, 0.2) is 44.3 Å². The monoisotopic (exact) mass is 348 g/mol. The fourth-order valence-corrected chi connectivity index (χ4v) is 2.26. The SMILES string of the molecule is NS(=O)(=O)c1ccc(CNc2cc(Br)ccc2F)o1. The minimum atomic E-state index is -3.86. The first-order valence-electron chi connectivity index (χ1n) is 5.17. The second-order valence-corrected chi connectivity index (χ2v) is 6.15. The second-order valence-electron chi connectivity index (χ2n) is 3.74. The summed E-state index contributed by atoms with van der Waals surface area (Å²) in [7, 11) is -3.86. The van der Waals surface area contributed by atoms with Crippen molar-refractivity contribution in [1.82, 2.24) is 0 Å². The molecule has 3 N–H and O–H groups in total. The molecule has 0 atom stereocenters. The van der Waals surface area contributed by atoms with E-state index in [-0.39, 0.29) is 17.3 Å². The summed E-state index contributed by atoms with van der Waals surface area (Å²) in [5.74, 6) is -0.0789. The van der Waals surface area contributed by atoms with Gasteiger partial charge in [0.15, 0.2) is 0 Å². The lowest BCUT2D eigenvalue weighted by Gasteiger charge is -2.06. The highest BCUT2D eigenvalue weighted by Gasteiger charge is 2.13. The highest BCUT2D eigenvalue weighted by atomic mass is 79.9. The zero-order valence-electron chi connectivity index (χ0n) is 9.56. The highest BCUT2D eigenvalue weighted by molar-refractivity contribution is 9.10. The van der Waals surface area contributed by atoms with E-state index >= 15 is 0 Å². The molecule has 0 bridgehead atoms. The molecule has 0 aliphatic heterocycles. The largest absolute Gasteiger partial charge is 0.446 e. The summed E-state index contributed by atoms with van der Waals surface area (Å²) in [4.78, 5) is 0. The van der Waals surface area contributed by atoms with Gasteiger partial charge in [-0.2, -0.15) is 0 Å². The molecule has 1 aromatic heterocycles. The third-order valence-electron chi connectivity index (χ3n) is 2.30. The lowest BCUT2D eigenvalue weighted by molar-refractivity contribution is 0.419. The fraction of sp³-hybridized carbons (Fsp3) is 0.0909. The molecule has 1 aromatic carbocycles. The molecule has 0 spiro atoms. The van der Waals surface area contributed by atoms with Crippen LogP contribution in [0.4, 0.5) is 10.1 Å². The number of primary sulfonamides is 1. The van der Waals surface area contributed by atoms with Crippen LogP contribution in [-0.2, 0) is 16.6 Å². The second kappa shape index (κ2) is 5.32. The maximum Gasteiger partial charge on any atom is 0.271 e. The molecular weight excluding hydrogens is 339 g/mol. The van der Waals surface area contributed by atoms with E-state index < -0.39 is 15.8 Å². The molecule has 0 radical (unpaired) electrons. The van der Waals surface area contributed by atoms with Gasteiger partial charge in [0, 0.05) is 4.47 Å². The summed E-state index contributed by atoms with van der Waals surface area (Å²) in [6, 6.07) is 7.17. The fourth-order valence-electron chi connectivity index (χ4n) is 1.42. The number of furan rings is 1. The number of anilines is 1. The molecule has 0 aliphatic rings. The van der Waals surface area contributed by atoms with Gasteiger partial charge in [0.1, 0.15) is 11.6 Å². The van der Waals surface area contributed by atoms with E-state index in [4.69, 9.17) is 9.56 Å². The molecule has 8 heteroatoms. The molecule has 0 unspecified atom stereocenters. The first-order chi connectivity index (χ1) is 8.86. The minimum absolute atomic E-state index is 0.142. The van der Waals surface area contributed by atoms with Crippen LogP contribution in [0.3, 0.4) is 0 Å². The number of hydrogen-bond donors (Lipinski definition) is 2. The molecule has 0 aliphatic carbocycles. The Morgan fingerprint density at radius 3 is 2.68 bits per heavy atom. The standard InChI is InChI=1S/C11H10BrFN2O3S/c12-7-1-3-9(13)10(5-7)15-6-8-2-4-11(18-8)19(14,16)17/h1-5,15H,6H2,(H2,14,16,17). The molecule has 0 amide bonds. The van der Waals surface area contributed by atoms with Gasteiger partial charge in [-0.1, -0.05) is 15.9 Å². The third-order valence-corrected chi connectivity index (χ3v) is 3.57. The first-order valence-corrected chi connectivity index (χ1v) is 7.50. The molecule has 5 nitrogen and oxygen atoms in total.